The van der Waals surface area contributed by atoms with Gasteiger partial charge in [-0.2, -0.15) is 0 Å². The van der Waals surface area contributed by atoms with Crippen LogP contribution in [0.15, 0.2) is 30.5 Å². The van der Waals surface area contributed by atoms with Crippen LogP contribution in [0.2, 0.25) is 0 Å². The Morgan fingerprint density at radius 3 is 2.68 bits per heavy atom. The van der Waals surface area contributed by atoms with Crippen molar-refractivity contribution in [2.75, 3.05) is 13.7 Å². The minimum Gasteiger partial charge on any atom is -0.469 e. The van der Waals surface area contributed by atoms with Crippen LogP contribution in [0.4, 0.5) is 0 Å². The van der Waals surface area contributed by atoms with Gasteiger partial charge in [-0.15, -0.1) is 11.3 Å². The standard InChI is InChI=1S/C17H22N2O2S/c1-21-17(20)10-9-16-19-12-15(22-16)14-7-5-13(6-8-14)4-2-3-11-18/h5-8,12H,2-4,9-11,18H2,1H3. The molecule has 0 aliphatic rings. The maximum atomic E-state index is 11.2. The van der Waals surface area contributed by atoms with Crippen LogP contribution < -0.4 is 5.73 Å². The first-order valence-electron chi connectivity index (χ1n) is 7.54. The average Bonchev–Trinajstić information content (AvgIpc) is 3.02. The third-order valence-electron chi connectivity index (χ3n) is 3.48. The zero-order valence-corrected chi connectivity index (χ0v) is 13.7. The molecule has 0 spiro atoms. The number of hydrogen-bond acceptors (Lipinski definition) is 5. The van der Waals surface area contributed by atoms with Gasteiger partial charge in [0, 0.05) is 12.6 Å². The summed E-state index contributed by atoms with van der Waals surface area (Å²) in [6, 6.07) is 8.60. The van der Waals surface area contributed by atoms with Crippen molar-refractivity contribution in [3.05, 3.63) is 41.0 Å². The highest BCUT2D eigenvalue weighted by Crippen LogP contribution is 2.27. The van der Waals surface area contributed by atoms with Crippen LogP contribution in [0, 0.1) is 0 Å². The molecule has 1 aromatic carbocycles. The first-order chi connectivity index (χ1) is 10.7. The van der Waals surface area contributed by atoms with Crippen LogP contribution >= 0.6 is 11.3 Å². The number of aryl methyl sites for hydroxylation is 2. The molecule has 0 unspecified atom stereocenters. The minimum absolute atomic E-state index is 0.196. The monoisotopic (exact) mass is 318 g/mol. The number of methoxy groups -OCH3 is 1. The van der Waals surface area contributed by atoms with E-state index in [1.807, 2.05) is 6.20 Å². The molecule has 0 amide bonds. The molecule has 0 saturated carbocycles. The van der Waals surface area contributed by atoms with E-state index in [1.54, 1.807) is 11.3 Å². The van der Waals surface area contributed by atoms with Crippen molar-refractivity contribution in [1.82, 2.24) is 4.98 Å². The van der Waals surface area contributed by atoms with E-state index in [-0.39, 0.29) is 5.97 Å². The first kappa shape index (κ1) is 16.6. The maximum Gasteiger partial charge on any atom is 0.305 e. The summed E-state index contributed by atoms with van der Waals surface area (Å²) in [5.74, 6) is -0.196. The lowest BCUT2D eigenvalue weighted by Gasteiger charge is -2.02. The maximum absolute atomic E-state index is 11.2. The first-order valence-corrected chi connectivity index (χ1v) is 8.35. The van der Waals surface area contributed by atoms with Gasteiger partial charge in [0.1, 0.15) is 0 Å². The predicted molar refractivity (Wildman–Crippen MR) is 89.9 cm³/mol. The molecule has 22 heavy (non-hydrogen) atoms. The summed E-state index contributed by atoms with van der Waals surface area (Å²) in [4.78, 5) is 16.7. The summed E-state index contributed by atoms with van der Waals surface area (Å²) in [5.41, 5.74) is 8.02. The van der Waals surface area contributed by atoms with Gasteiger partial charge in [-0.05, 0) is 36.9 Å². The van der Waals surface area contributed by atoms with Gasteiger partial charge in [0.05, 0.1) is 23.4 Å². The largest absolute Gasteiger partial charge is 0.469 e. The Morgan fingerprint density at radius 2 is 2.00 bits per heavy atom. The van der Waals surface area contributed by atoms with E-state index < -0.39 is 0 Å². The van der Waals surface area contributed by atoms with Crippen molar-refractivity contribution in [2.45, 2.75) is 32.1 Å². The third kappa shape index (κ3) is 4.93. The summed E-state index contributed by atoms with van der Waals surface area (Å²) < 4.78 is 4.65. The number of unbranched alkanes of at least 4 members (excludes halogenated alkanes) is 1. The minimum atomic E-state index is -0.196. The summed E-state index contributed by atoms with van der Waals surface area (Å²) in [5, 5.41) is 0.965. The van der Waals surface area contributed by atoms with Crippen LogP contribution in [0.25, 0.3) is 10.4 Å². The van der Waals surface area contributed by atoms with Crippen LogP contribution in [-0.4, -0.2) is 24.6 Å². The number of ether oxygens (including phenoxy) is 1. The Balaban J connectivity index is 1.94. The molecule has 0 saturated heterocycles. The molecule has 118 valence electrons. The molecule has 2 rings (SSSR count). The molecule has 2 aromatic rings. The molecule has 0 radical (unpaired) electrons. The number of thiazole rings is 1. The number of nitrogens with two attached hydrogens (primary N) is 1. The van der Waals surface area contributed by atoms with E-state index in [1.165, 1.54) is 18.2 Å². The summed E-state index contributed by atoms with van der Waals surface area (Å²) in [6.45, 7) is 0.757. The number of benzene rings is 1. The fourth-order valence-electron chi connectivity index (χ4n) is 2.18. The fraction of sp³-hybridized carbons (Fsp3) is 0.412. The topological polar surface area (TPSA) is 65.2 Å². The third-order valence-corrected chi connectivity index (χ3v) is 4.59. The van der Waals surface area contributed by atoms with E-state index in [0.29, 0.717) is 12.8 Å². The molecule has 0 bridgehead atoms. The van der Waals surface area contributed by atoms with E-state index in [0.717, 1.165) is 35.7 Å². The lowest BCUT2D eigenvalue weighted by molar-refractivity contribution is -0.140. The second-order valence-electron chi connectivity index (χ2n) is 5.14. The fourth-order valence-corrected chi connectivity index (χ4v) is 3.10. The van der Waals surface area contributed by atoms with Crippen molar-refractivity contribution in [1.29, 1.82) is 0 Å². The molecular formula is C17H22N2O2S. The normalized spacial score (nSPS) is 10.6. The molecule has 0 atom stereocenters. The van der Waals surface area contributed by atoms with Crippen molar-refractivity contribution in [3.63, 3.8) is 0 Å². The number of carbonyl (C=O) groups is 1. The zero-order chi connectivity index (χ0) is 15.8. The number of rotatable bonds is 8. The second-order valence-corrected chi connectivity index (χ2v) is 6.25. The van der Waals surface area contributed by atoms with Crippen molar-refractivity contribution >= 4 is 17.3 Å². The van der Waals surface area contributed by atoms with E-state index in [4.69, 9.17) is 5.73 Å². The molecule has 1 aromatic heterocycles. The van der Waals surface area contributed by atoms with Crippen LogP contribution in [-0.2, 0) is 22.4 Å². The van der Waals surface area contributed by atoms with Crippen molar-refractivity contribution in [2.24, 2.45) is 5.73 Å². The van der Waals surface area contributed by atoms with E-state index in [9.17, 15) is 4.79 Å². The summed E-state index contributed by atoms with van der Waals surface area (Å²) in [6.07, 6.45) is 6.16. The molecular weight excluding hydrogens is 296 g/mol. The molecule has 0 aliphatic heterocycles. The van der Waals surface area contributed by atoms with Gasteiger partial charge in [-0.25, -0.2) is 4.98 Å². The highest BCUT2D eigenvalue weighted by atomic mass is 32.1. The number of esters is 1. The Morgan fingerprint density at radius 1 is 1.23 bits per heavy atom. The van der Waals surface area contributed by atoms with Crippen LogP contribution in [0.5, 0.6) is 0 Å². The van der Waals surface area contributed by atoms with Gasteiger partial charge in [-0.3, -0.25) is 4.79 Å². The second kappa shape index (κ2) is 8.66. The number of hydrogen-bond donors (Lipinski definition) is 1. The summed E-state index contributed by atoms with van der Waals surface area (Å²) in [7, 11) is 1.41. The Kier molecular flexibility index (Phi) is 6.55. The Bertz CT molecular complexity index is 593. The molecule has 0 fully saturated rings. The smallest absolute Gasteiger partial charge is 0.305 e. The quantitative estimate of drug-likeness (QED) is 0.599. The molecule has 0 aliphatic carbocycles. The molecule has 1 heterocycles. The molecule has 4 nitrogen and oxygen atoms in total. The van der Waals surface area contributed by atoms with Crippen molar-refractivity contribution < 1.29 is 9.53 Å². The van der Waals surface area contributed by atoms with Gasteiger partial charge in [0.2, 0.25) is 0 Å². The lowest BCUT2D eigenvalue weighted by atomic mass is 10.1. The van der Waals surface area contributed by atoms with Gasteiger partial charge in [-0.1, -0.05) is 24.3 Å². The van der Waals surface area contributed by atoms with Gasteiger partial charge in [0.25, 0.3) is 0 Å². The van der Waals surface area contributed by atoms with E-state index in [2.05, 4.69) is 34.0 Å². The SMILES string of the molecule is COC(=O)CCc1ncc(-c2ccc(CCCCN)cc2)s1. The van der Waals surface area contributed by atoms with Crippen LogP contribution in [0.1, 0.15) is 29.8 Å². The molecule has 5 heteroatoms. The zero-order valence-electron chi connectivity index (χ0n) is 12.9. The van der Waals surface area contributed by atoms with Gasteiger partial charge in [0.15, 0.2) is 0 Å². The predicted octanol–water partition coefficient (Wildman–Crippen LogP) is 3.20. The number of carbonyl (C=O) groups excluding carboxylic acids is 1. The molecule has 2 N–H and O–H groups in total. The van der Waals surface area contributed by atoms with Crippen LogP contribution in [0.3, 0.4) is 0 Å². The lowest BCUT2D eigenvalue weighted by Crippen LogP contribution is -2.01. The Labute approximate surface area is 135 Å². The van der Waals surface area contributed by atoms with Gasteiger partial charge < -0.3 is 10.5 Å². The number of aromatic nitrogens is 1. The highest BCUT2D eigenvalue weighted by Gasteiger charge is 2.07. The van der Waals surface area contributed by atoms with Crippen molar-refractivity contribution in [3.8, 4) is 10.4 Å². The summed E-state index contributed by atoms with van der Waals surface area (Å²) >= 11 is 1.63. The van der Waals surface area contributed by atoms with E-state index >= 15 is 0 Å². The highest BCUT2D eigenvalue weighted by molar-refractivity contribution is 7.15. The average molecular weight is 318 g/mol. The number of nitrogens with zero attached hydrogens (tertiary/aromatic N) is 1. The Hall–Kier alpha value is -1.72. The van der Waals surface area contributed by atoms with Gasteiger partial charge >= 0.3 is 5.97 Å².